The van der Waals surface area contributed by atoms with Crippen LogP contribution in [0.4, 0.5) is 5.69 Å². The van der Waals surface area contributed by atoms with Crippen LogP contribution in [-0.4, -0.2) is 61.2 Å². The van der Waals surface area contributed by atoms with Crippen LogP contribution < -0.4 is 10.2 Å². The minimum Gasteiger partial charge on any atom is -0.378 e. The van der Waals surface area contributed by atoms with Gasteiger partial charge in [0.15, 0.2) is 0 Å². The van der Waals surface area contributed by atoms with Crippen molar-refractivity contribution in [1.82, 2.24) is 15.2 Å². The van der Waals surface area contributed by atoms with E-state index in [1.165, 1.54) is 12.0 Å². The normalized spacial score (nSPS) is 24.1. The number of ether oxygens (including phenoxy) is 1. The zero-order valence-electron chi connectivity index (χ0n) is 18.0. The van der Waals surface area contributed by atoms with Crippen molar-refractivity contribution in [1.29, 1.82) is 0 Å². The highest BCUT2D eigenvalue weighted by atomic mass is 16.5. The van der Waals surface area contributed by atoms with Gasteiger partial charge in [0.1, 0.15) is 5.60 Å². The van der Waals surface area contributed by atoms with Gasteiger partial charge in [-0.15, -0.1) is 0 Å². The highest BCUT2D eigenvalue weighted by Crippen LogP contribution is 2.35. The van der Waals surface area contributed by atoms with Crippen LogP contribution in [-0.2, 0) is 11.3 Å². The van der Waals surface area contributed by atoms with Gasteiger partial charge in [0.2, 0.25) is 0 Å². The molecule has 6 heteroatoms. The van der Waals surface area contributed by atoms with E-state index >= 15 is 0 Å². The minimum absolute atomic E-state index is 0.0953. The molecule has 6 nitrogen and oxygen atoms in total. The van der Waals surface area contributed by atoms with E-state index < -0.39 is 0 Å². The topological polar surface area (TPSA) is 57.7 Å². The molecule has 1 N–H and O–H groups in total. The van der Waals surface area contributed by atoms with E-state index in [-0.39, 0.29) is 17.6 Å². The third kappa shape index (κ3) is 4.50. The van der Waals surface area contributed by atoms with Gasteiger partial charge < -0.3 is 19.9 Å². The molecule has 4 rings (SSSR count). The van der Waals surface area contributed by atoms with Crippen LogP contribution in [0.2, 0.25) is 0 Å². The maximum atomic E-state index is 13.3. The Balaban J connectivity index is 1.48. The predicted molar refractivity (Wildman–Crippen MR) is 119 cm³/mol. The molecule has 2 fully saturated rings. The Labute approximate surface area is 179 Å². The number of pyridine rings is 1. The average molecular weight is 409 g/mol. The number of benzene rings is 1. The number of carbonyl (C=O) groups is 1. The van der Waals surface area contributed by atoms with Gasteiger partial charge >= 0.3 is 0 Å². The van der Waals surface area contributed by atoms with Gasteiger partial charge in [0.25, 0.3) is 5.91 Å². The van der Waals surface area contributed by atoms with Crippen LogP contribution in [0.3, 0.4) is 0 Å². The van der Waals surface area contributed by atoms with Gasteiger partial charge in [-0.3, -0.25) is 9.78 Å². The van der Waals surface area contributed by atoms with Crippen LogP contribution in [0.1, 0.15) is 41.6 Å². The molecule has 1 saturated carbocycles. The maximum absolute atomic E-state index is 13.3. The largest absolute Gasteiger partial charge is 0.378 e. The number of amides is 1. The van der Waals surface area contributed by atoms with Gasteiger partial charge in [-0.05, 0) is 42.7 Å². The molecule has 1 aromatic carbocycles. The fraction of sp³-hybridized carbons (Fsp3) is 0.500. The van der Waals surface area contributed by atoms with Crippen molar-refractivity contribution in [2.45, 2.75) is 43.9 Å². The van der Waals surface area contributed by atoms with Gasteiger partial charge in [-0.1, -0.05) is 25.0 Å². The second-order valence-corrected chi connectivity index (χ2v) is 8.63. The summed E-state index contributed by atoms with van der Waals surface area (Å²) in [4.78, 5) is 21.5. The molecule has 1 spiro atoms. The first-order valence-electron chi connectivity index (χ1n) is 10.9. The SMILES string of the molecule is CN(C)c1cccc(C(=O)N2CCO[C@@]3(CCCC[C@@H]3NCc3cccnc3)C2)c1. The van der Waals surface area contributed by atoms with Crippen LogP contribution in [0, 0.1) is 0 Å². The number of anilines is 1. The summed E-state index contributed by atoms with van der Waals surface area (Å²) >= 11 is 0. The molecule has 1 aliphatic heterocycles. The Hall–Kier alpha value is -2.44. The lowest BCUT2D eigenvalue weighted by atomic mass is 9.78. The number of hydrogen-bond acceptors (Lipinski definition) is 5. The van der Waals surface area contributed by atoms with Gasteiger partial charge in [0.05, 0.1) is 13.2 Å². The van der Waals surface area contributed by atoms with Crippen LogP contribution >= 0.6 is 0 Å². The molecule has 0 radical (unpaired) electrons. The lowest BCUT2D eigenvalue weighted by Crippen LogP contribution is -2.64. The Kier molecular flexibility index (Phi) is 6.35. The molecule has 160 valence electrons. The predicted octanol–water partition coefficient (Wildman–Crippen LogP) is 3.09. The molecular formula is C24H32N4O2. The monoisotopic (exact) mass is 408 g/mol. The third-order valence-electron chi connectivity index (χ3n) is 6.36. The van der Waals surface area contributed by atoms with E-state index in [1.807, 2.05) is 60.4 Å². The fourth-order valence-corrected chi connectivity index (χ4v) is 4.68. The van der Waals surface area contributed by atoms with Crippen LogP contribution in [0.15, 0.2) is 48.8 Å². The molecule has 1 aromatic heterocycles. The molecule has 2 atom stereocenters. The zero-order valence-corrected chi connectivity index (χ0v) is 18.0. The molecular weight excluding hydrogens is 376 g/mol. The summed E-state index contributed by atoms with van der Waals surface area (Å²) in [5.74, 6) is 0.0953. The van der Waals surface area contributed by atoms with Crippen molar-refractivity contribution in [2.75, 3.05) is 38.7 Å². The molecule has 2 aliphatic rings. The first-order valence-corrected chi connectivity index (χ1v) is 10.9. The summed E-state index contributed by atoms with van der Waals surface area (Å²) in [6.45, 7) is 2.64. The Morgan fingerprint density at radius 3 is 3.00 bits per heavy atom. The van der Waals surface area contributed by atoms with Gasteiger partial charge in [-0.2, -0.15) is 0 Å². The van der Waals surface area contributed by atoms with Crippen molar-refractivity contribution in [2.24, 2.45) is 0 Å². The molecule has 1 aliphatic carbocycles. The minimum atomic E-state index is -0.312. The van der Waals surface area contributed by atoms with Crippen molar-refractivity contribution in [3.05, 3.63) is 59.9 Å². The lowest BCUT2D eigenvalue weighted by Gasteiger charge is -2.49. The van der Waals surface area contributed by atoms with E-state index in [0.717, 1.165) is 37.1 Å². The first kappa shape index (κ1) is 20.8. The van der Waals surface area contributed by atoms with Crippen molar-refractivity contribution in [3.63, 3.8) is 0 Å². The fourth-order valence-electron chi connectivity index (χ4n) is 4.68. The number of aromatic nitrogens is 1. The second-order valence-electron chi connectivity index (χ2n) is 8.63. The highest BCUT2D eigenvalue weighted by molar-refractivity contribution is 5.95. The Morgan fingerprint density at radius 1 is 1.30 bits per heavy atom. The number of morpholine rings is 1. The molecule has 2 heterocycles. The highest BCUT2D eigenvalue weighted by Gasteiger charge is 2.46. The van der Waals surface area contributed by atoms with Crippen molar-refractivity contribution in [3.8, 4) is 0 Å². The summed E-state index contributed by atoms with van der Waals surface area (Å²) < 4.78 is 6.41. The molecule has 1 saturated heterocycles. The third-order valence-corrected chi connectivity index (χ3v) is 6.36. The number of carbonyl (C=O) groups excluding carboxylic acids is 1. The Bertz CT molecular complexity index is 853. The molecule has 2 aromatic rings. The lowest BCUT2D eigenvalue weighted by molar-refractivity contribution is -0.135. The van der Waals surface area contributed by atoms with E-state index in [4.69, 9.17) is 4.74 Å². The van der Waals surface area contributed by atoms with E-state index in [0.29, 0.717) is 19.7 Å². The molecule has 1 amide bonds. The standard InChI is InChI=1S/C24H32N4O2/c1-27(2)21-9-5-8-20(15-21)23(29)28-13-14-30-24(18-28)11-4-3-10-22(24)26-17-19-7-6-12-25-16-19/h5-9,12,15-16,22,26H,3-4,10-11,13-14,17-18H2,1-2H3/t22-,24-/m0/s1. The number of nitrogens with one attached hydrogen (secondary N) is 1. The summed E-state index contributed by atoms with van der Waals surface area (Å²) in [5.41, 5.74) is 2.64. The van der Waals surface area contributed by atoms with Crippen LogP contribution in [0.25, 0.3) is 0 Å². The van der Waals surface area contributed by atoms with E-state index in [1.54, 1.807) is 6.20 Å². The summed E-state index contributed by atoms with van der Waals surface area (Å²) in [6, 6.07) is 12.2. The summed E-state index contributed by atoms with van der Waals surface area (Å²) in [7, 11) is 3.99. The molecule has 0 bridgehead atoms. The van der Waals surface area contributed by atoms with E-state index in [9.17, 15) is 4.79 Å². The Morgan fingerprint density at radius 2 is 2.20 bits per heavy atom. The quantitative estimate of drug-likeness (QED) is 0.824. The van der Waals surface area contributed by atoms with Crippen molar-refractivity contribution >= 4 is 11.6 Å². The number of rotatable bonds is 5. The zero-order chi connectivity index (χ0) is 21.0. The molecule has 0 unspecified atom stereocenters. The van der Waals surface area contributed by atoms with Gasteiger partial charge in [-0.25, -0.2) is 0 Å². The molecule has 30 heavy (non-hydrogen) atoms. The van der Waals surface area contributed by atoms with Gasteiger partial charge in [0, 0.05) is 56.9 Å². The van der Waals surface area contributed by atoms with Crippen molar-refractivity contribution < 1.29 is 9.53 Å². The number of hydrogen-bond donors (Lipinski definition) is 1. The summed E-state index contributed by atoms with van der Waals surface area (Å²) in [6.07, 6.45) is 8.08. The number of nitrogens with zero attached hydrogens (tertiary/aromatic N) is 3. The van der Waals surface area contributed by atoms with E-state index in [2.05, 4.69) is 16.4 Å². The van der Waals surface area contributed by atoms with Crippen LogP contribution in [0.5, 0.6) is 0 Å². The first-order chi connectivity index (χ1) is 14.6. The smallest absolute Gasteiger partial charge is 0.254 e. The summed E-state index contributed by atoms with van der Waals surface area (Å²) in [5, 5.41) is 3.71. The second kappa shape index (κ2) is 9.14. The average Bonchev–Trinajstić information content (AvgIpc) is 2.79. The maximum Gasteiger partial charge on any atom is 0.254 e.